The molecule has 4 unspecified atom stereocenters. The summed E-state index contributed by atoms with van der Waals surface area (Å²) in [7, 11) is -7.85. The summed E-state index contributed by atoms with van der Waals surface area (Å²) in [6.07, 6.45) is 2.95. The van der Waals surface area contributed by atoms with Gasteiger partial charge in [0.15, 0.2) is 23.0 Å². The molecule has 0 radical (unpaired) electrons. The fraction of sp³-hybridized carbons (Fsp3) is 0.395. The van der Waals surface area contributed by atoms with Crippen LogP contribution in [0.25, 0.3) is 0 Å². The summed E-state index contributed by atoms with van der Waals surface area (Å²) in [5.74, 6) is 4.36. The highest BCUT2D eigenvalue weighted by molar-refractivity contribution is 7.86. The van der Waals surface area contributed by atoms with Gasteiger partial charge >= 0.3 is 0 Å². The molecule has 2 fully saturated rings. The van der Waals surface area contributed by atoms with Crippen molar-refractivity contribution in [3.63, 3.8) is 0 Å². The summed E-state index contributed by atoms with van der Waals surface area (Å²) in [6, 6.07) is 26.5. The molecular formula is C43H54N4O16S2. The van der Waals surface area contributed by atoms with Gasteiger partial charge in [0.2, 0.25) is 13.6 Å². The smallest absolute Gasteiger partial charge is 0.267 e. The lowest BCUT2D eigenvalue weighted by atomic mass is 9.85. The molecule has 2 saturated heterocycles. The van der Waals surface area contributed by atoms with E-state index in [0.29, 0.717) is 49.4 Å². The number of hydrogen-bond donors (Lipinski definition) is 8. The van der Waals surface area contributed by atoms with E-state index < -0.39 is 45.0 Å². The number of nitrogens with one attached hydrogen (secondary N) is 2. The summed E-state index contributed by atoms with van der Waals surface area (Å²) < 4.78 is 99.7. The fourth-order valence-electron chi connectivity index (χ4n) is 6.87. The molecule has 4 atom stereocenters. The van der Waals surface area contributed by atoms with Crippen molar-refractivity contribution in [2.75, 3.05) is 64.7 Å². The second-order valence-electron chi connectivity index (χ2n) is 14.7. The second kappa shape index (κ2) is 24.0. The van der Waals surface area contributed by atoms with Crippen LogP contribution in [0.3, 0.4) is 0 Å². The molecule has 65 heavy (non-hydrogen) atoms. The largest absolute Gasteiger partial charge is 0.494 e. The van der Waals surface area contributed by atoms with Crippen LogP contribution in [0.1, 0.15) is 53.7 Å². The van der Waals surface area contributed by atoms with Gasteiger partial charge in [0.1, 0.15) is 23.2 Å². The van der Waals surface area contributed by atoms with Crippen LogP contribution in [0.15, 0.2) is 84.9 Å². The van der Waals surface area contributed by atoms with E-state index >= 15 is 0 Å². The van der Waals surface area contributed by atoms with E-state index in [-0.39, 0.29) is 37.5 Å². The first-order valence-corrected chi connectivity index (χ1v) is 23.6. The van der Waals surface area contributed by atoms with E-state index in [0.717, 1.165) is 64.9 Å². The molecule has 10 N–H and O–H groups in total. The van der Waals surface area contributed by atoms with Crippen molar-refractivity contribution in [3.8, 4) is 34.5 Å². The van der Waals surface area contributed by atoms with Gasteiger partial charge in [0.05, 0.1) is 63.4 Å². The van der Waals surface area contributed by atoms with Crippen molar-refractivity contribution in [2.45, 2.75) is 31.5 Å². The average molecular weight is 947 g/mol. The van der Waals surface area contributed by atoms with Gasteiger partial charge in [-0.1, -0.05) is 12.1 Å². The monoisotopic (exact) mass is 946 g/mol. The number of nitrogen functional groups attached to an aromatic ring is 2. The highest BCUT2D eigenvalue weighted by Gasteiger charge is 2.48. The maximum atomic E-state index is 9.63. The Morgan fingerprint density at radius 1 is 0.569 bits per heavy atom. The number of fused-ring (bicyclic) bond motifs is 3. The molecule has 4 aliphatic heterocycles. The van der Waals surface area contributed by atoms with Crippen LogP contribution in [0, 0.1) is 22.7 Å². The minimum Gasteiger partial charge on any atom is -0.494 e. The Kier molecular flexibility index (Phi) is 18.6. The SMILES string of the molecule is N=C(N)c1ccc(OCCCCCOc2ccc(C(=N)N)cc2)cc1.O=S(=O)(O)CCO.O=S(=O)(O)CCO.c1cc2c(cc1C1OCC3C(c4ccc5c(c4)OCO5)OCC13)OCO2. The van der Waals surface area contributed by atoms with Crippen LogP contribution < -0.4 is 39.9 Å². The van der Waals surface area contributed by atoms with Gasteiger partial charge in [-0.2, -0.15) is 16.8 Å². The van der Waals surface area contributed by atoms with Crippen molar-refractivity contribution in [1.82, 2.24) is 0 Å². The number of nitrogens with two attached hydrogens (primary N) is 2. The number of benzene rings is 4. The van der Waals surface area contributed by atoms with E-state index in [9.17, 15) is 16.8 Å². The summed E-state index contributed by atoms with van der Waals surface area (Å²) in [5.41, 5.74) is 14.5. The number of unbranched alkanes of at least 4 members (excludes halogenated alkanes) is 2. The van der Waals surface area contributed by atoms with Crippen molar-refractivity contribution < 1.29 is 74.0 Å². The van der Waals surface area contributed by atoms with Gasteiger partial charge in [0, 0.05) is 23.0 Å². The molecule has 0 aliphatic carbocycles. The van der Waals surface area contributed by atoms with Gasteiger partial charge in [-0.3, -0.25) is 19.9 Å². The first-order chi connectivity index (χ1) is 31.0. The lowest BCUT2D eigenvalue weighted by Crippen LogP contribution is -2.14. The van der Waals surface area contributed by atoms with Crippen molar-refractivity contribution in [2.24, 2.45) is 23.3 Å². The minimum atomic E-state index is -3.92. The Labute approximate surface area is 376 Å². The maximum absolute atomic E-state index is 9.63. The average Bonchev–Trinajstić information content (AvgIpc) is 4.09. The zero-order valence-corrected chi connectivity index (χ0v) is 36.9. The first kappa shape index (κ1) is 50.3. The van der Waals surface area contributed by atoms with E-state index in [2.05, 4.69) is 12.1 Å². The molecule has 0 spiro atoms. The molecule has 0 saturated carbocycles. The van der Waals surface area contributed by atoms with Gasteiger partial charge in [0.25, 0.3) is 20.2 Å². The molecule has 0 aromatic heterocycles. The van der Waals surface area contributed by atoms with Crippen molar-refractivity contribution >= 4 is 31.9 Å². The zero-order valence-electron chi connectivity index (χ0n) is 35.2. The molecule has 8 rings (SSSR count). The molecule has 4 aromatic rings. The number of amidine groups is 2. The number of hydrogen-bond acceptors (Lipinski definition) is 16. The maximum Gasteiger partial charge on any atom is 0.267 e. The lowest BCUT2D eigenvalue weighted by molar-refractivity contribution is 0.0192. The fourth-order valence-corrected chi connectivity index (χ4v) is 7.33. The first-order valence-electron chi connectivity index (χ1n) is 20.3. The number of aliphatic hydroxyl groups excluding tert-OH is 2. The van der Waals surface area contributed by atoms with Crippen LogP contribution in [-0.2, 0) is 29.7 Å². The molecule has 22 heteroatoms. The van der Waals surface area contributed by atoms with E-state index in [1.165, 1.54) is 0 Å². The van der Waals surface area contributed by atoms with Crippen LogP contribution in [-0.4, -0.2) is 113 Å². The third-order valence-corrected chi connectivity index (χ3v) is 11.5. The minimum absolute atomic E-state index is 0.0218. The van der Waals surface area contributed by atoms with Crippen LogP contribution in [0.2, 0.25) is 0 Å². The Bertz CT molecular complexity index is 2240. The van der Waals surface area contributed by atoms with Crippen LogP contribution >= 0.6 is 0 Å². The van der Waals surface area contributed by atoms with Gasteiger partial charge in [-0.05, 0) is 103 Å². The number of aliphatic hydroxyl groups is 2. The molecule has 0 bridgehead atoms. The molecule has 20 nitrogen and oxygen atoms in total. The third-order valence-electron chi connectivity index (χ3n) is 10.1. The van der Waals surface area contributed by atoms with E-state index in [1.54, 1.807) is 24.3 Å². The van der Waals surface area contributed by atoms with Gasteiger partial charge < -0.3 is 59.6 Å². The Hall–Kier alpha value is -5.72. The lowest BCUT2D eigenvalue weighted by Gasteiger charge is -2.17. The molecule has 4 aromatic carbocycles. The number of ether oxygens (including phenoxy) is 8. The topological polar surface area (TPSA) is 323 Å². The second-order valence-corrected chi connectivity index (χ2v) is 17.9. The summed E-state index contributed by atoms with van der Waals surface area (Å²) >= 11 is 0. The molecule has 4 heterocycles. The summed E-state index contributed by atoms with van der Waals surface area (Å²) in [6.45, 7) is 2.17. The van der Waals surface area contributed by atoms with E-state index in [1.807, 2.05) is 48.5 Å². The van der Waals surface area contributed by atoms with E-state index in [4.69, 9.17) is 79.5 Å². The Morgan fingerprint density at radius 3 is 1.26 bits per heavy atom. The van der Waals surface area contributed by atoms with Gasteiger partial charge in [-0.25, -0.2) is 0 Å². The highest BCUT2D eigenvalue weighted by Crippen LogP contribution is 2.52. The van der Waals surface area contributed by atoms with Crippen molar-refractivity contribution in [1.29, 1.82) is 10.8 Å². The summed E-state index contributed by atoms with van der Waals surface area (Å²) in [4.78, 5) is 0. The van der Waals surface area contributed by atoms with Gasteiger partial charge in [-0.15, -0.1) is 0 Å². The van der Waals surface area contributed by atoms with Crippen molar-refractivity contribution in [3.05, 3.63) is 107 Å². The van der Waals surface area contributed by atoms with Crippen LogP contribution in [0.4, 0.5) is 0 Å². The highest BCUT2D eigenvalue weighted by atomic mass is 32.2. The predicted octanol–water partition coefficient (Wildman–Crippen LogP) is 3.84. The number of rotatable bonds is 16. The quantitative estimate of drug-likeness (QED) is 0.0342. The zero-order chi connectivity index (χ0) is 47.0. The third kappa shape index (κ3) is 15.7. The Balaban J connectivity index is 0.000000190. The van der Waals surface area contributed by atoms with Crippen LogP contribution in [0.5, 0.6) is 34.5 Å². The molecule has 0 amide bonds. The predicted molar refractivity (Wildman–Crippen MR) is 236 cm³/mol. The molecule has 354 valence electrons. The summed E-state index contributed by atoms with van der Waals surface area (Å²) in [5, 5.41) is 30.4. The molecule has 4 aliphatic rings. The molecular weight excluding hydrogens is 893 g/mol. The standard InChI is InChI=1S/C20H18O6.C19H24N4O2.2C2H6O4S/c1-3-15-17(25-9-23-15)5-11(1)19-13-7-22-20(14(13)8-21-19)12-2-4-16-18(6-12)26-10-24-16;20-18(21)14-4-8-16(9-5-14)24-12-2-1-3-13-25-17-10-6-15(7-11-17)19(22)23;2*3-1-2-7(4,5)6/h1-6,13-14,19-20H,7-10H2;4-11H,1-3,12-13H2,(H3,20,21)(H3,22,23);2*3H,1-2H2,(H,4,5,6). The Morgan fingerprint density at radius 2 is 0.938 bits per heavy atom. The normalized spacial score (nSPS) is 18.7.